The molecule has 2 saturated heterocycles. The van der Waals surface area contributed by atoms with Crippen LogP contribution in [0.25, 0.3) is 0 Å². The second-order valence-electron chi connectivity index (χ2n) is 8.86. The molecule has 2 amide bonds. The number of rotatable bonds is 6. The third kappa shape index (κ3) is 5.34. The number of piperidine rings is 2. The van der Waals surface area contributed by atoms with E-state index in [0.717, 1.165) is 37.2 Å². The van der Waals surface area contributed by atoms with Gasteiger partial charge in [0.1, 0.15) is 6.04 Å². The highest BCUT2D eigenvalue weighted by Gasteiger charge is 2.32. The van der Waals surface area contributed by atoms with Gasteiger partial charge in [-0.1, -0.05) is 48.9 Å². The Kier molecular flexibility index (Phi) is 7.03. The van der Waals surface area contributed by atoms with Crippen molar-refractivity contribution in [3.63, 3.8) is 0 Å². The lowest BCUT2D eigenvalue weighted by Gasteiger charge is -2.34. The molecule has 5 heteroatoms. The van der Waals surface area contributed by atoms with Gasteiger partial charge in [0.15, 0.2) is 0 Å². The van der Waals surface area contributed by atoms with Gasteiger partial charge in [-0.15, -0.1) is 0 Å². The third-order valence-electron chi connectivity index (χ3n) is 6.58. The van der Waals surface area contributed by atoms with Crippen molar-refractivity contribution in [3.05, 3.63) is 65.7 Å². The van der Waals surface area contributed by atoms with Crippen LogP contribution in [0, 0.1) is 0 Å². The van der Waals surface area contributed by atoms with Crippen molar-refractivity contribution < 1.29 is 9.59 Å². The fraction of sp³-hybridized carbons (Fsp3) is 0.462. The number of nitrogens with one attached hydrogen (secondary N) is 1. The van der Waals surface area contributed by atoms with E-state index in [1.807, 2.05) is 42.5 Å². The summed E-state index contributed by atoms with van der Waals surface area (Å²) in [7, 11) is 0. The molecule has 5 nitrogen and oxygen atoms in total. The summed E-state index contributed by atoms with van der Waals surface area (Å²) in [6.07, 6.45) is 6.21. The lowest BCUT2D eigenvalue weighted by molar-refractivity contribution is -0.141. The van der Waals surface area contributed by atoms with Crippen LogP contribution in [0.3, 0.4) is 0 Å². The van der Waals surface area contributed by atoms with E-state index < -0.39 is 6.04 Å². The Bertz CT molecular complexity index is 881. The molecule has 2 aliphatic rings. The molecule has 2 aromatic carbocycles. The average molecular weight is 420 g/mol. The topological polar surface area (TPSA) is 52.7 Å². The highest BCUT2D eigenvalue weighted by Crippen LogP contribution is 2.27. The van der Waals surface area contributed by atoms with Crippen molar-refractivity contribution in [3.8, 4) is 0 Å². The van der Waals surface area contributed by atoms with Crippen LogP contribution >= 0.6 is 0 Å². The normalized spacial score (nSPS) is 21.0. The summed E-state index contributed by atoms with van der Waals surface area (Å²) >= 11 is 0. The van der Waals surface area contributed by atoms with Crippen LogP contribution < -0.4 is 5.32 Å². The van der Waals surface area contributed by atoms with Gasteiger partial charge in [0, 0.05) is 31.2 Å². The molecule has 0 spiro atoms. The van der Waals surface area contributed by atoms with Gasteiger partial charge in [0.25, 0.3) is 5.91 Å². The van der Waals surface area contributed by atoms with Crippen LogP contribution in [0.15, 0.2) is 54.6 Å². The number of amides is 2. The second-order valence-corrected chi connectivity index (χ2v) is 8.86. The largest absolute Gasteiger partial charge is 0.327 e. The van der Waals surface area contributed by atoms with Crippen LogP contribution in [0.2, 0.25) is 0 Å². The van der Waals surface area contributed by atoms with E-state index in [-0.39, 0.29) is 11.8 Å². The van der Waals surface area contributed by atoms with Gasteiger partial charge in [-0.2, -0.15) is 0 Å². The number of nitrogens with zero attached hydrogens (tertiary/aromatic N) is 2. The molecule has 0 saturated carbocycles. The molecular formula is C26H33N3O2. The van der Waals surface area contributed by atoms with E-state index in [1.165, 1.54) is 24.8 Å². The van der Waals surface area contributed by atoms with Crippen LogP contribution in [0.5, 0.6) is 0 Å². The Labute approximate surface area is 185 Å². The highest BCUT2D eigenvalue weighted by molar-refractivity contribution is 5.98. The first-order valence-corrected chi connectivity index (χ1v) is 11.6. The molecule has 1 N–H and O–H groups in total. The number of benzene rings is 2. The Morgan fingerprint density at radius 2 is 1.74 bits per heavy atom. The number of hydrogen-bond donors (Lipinski definition) is 1. The highest BCUT2D eigenvalue weighted by atomic mass is 16.2. The van der Waals surface area contributed by atoms with Crippen LogP contribution in [0.4, 0.5) is 5.69 Å². The van der Waals surface area contributed by atoms with E-state index in [0.29, 0.717) is 19.0 Å². The summed E-state index contributed by atoms with van der Waals surface area (Å²) < 4.78 is 0. The monoisotopic (exact) mass is 419 g/mol. The first-order valence-electron chi connectivity index (χ1n) is 11.6. The van der Waals surface area contributed by atoms with Crippen molar-refractivity contribution in [1.29, 1.82) is 0 Å². The minimum atomic E-state index is -0.595. The molecule has 2 aliphatic heterocycles. The van der Waals surface area contributed by atoms with Crippen molar-refractivity contribution in [2.75, 3.05) is 18.4 Å². The lowest BCUT2D eigenvalue weighted by Crippen LogP contribution is -2.43. The van der Waals surface area contributed by atoms with Crippen LogP contribution in [-0.2, 0) is 16.1 Å². The lowest BCUT2D eigenvalue weighted by atomic mass is 10.00. The molecule has 0 bridgehead atoms. The predicted octanol–water partition coefficient (Wildman–Crippen LogP) is 4.75. The quantitative estimate of drug-likeness (QED) is 0.735. The fourth-order valence-corrected chi connectivity index (χ4v) is 4.74. The van der Waals surface area contributed by atoms with Gasteiger partial charge in [-0.25, -0.2) is 0 Å². The number of anilines is 1. The first-order chi connectivity index (χ1) is 15.1. The minimum Gasteiger partial charge on any atom is -0.327 e. The van der Waals surface area contributed by atoms with Crippen molar-refractivity contribution >= 4 is 17.5 Å². The Balaban J connectivity index is 1.46. The molecule has 164 valence electrons. The summed E-state index contributed by atoms with van der Waals surface area (Å²) in [6.45, 7) is 5.03. The number of hydrogen-bond acceptors (Lipinski definition) is 3. The Morgan fingerprint density at radius 3 is 2.45 bits per heavy atom. The molecule has 2 aromatic rings. The molecule has 2 unspecified atom stereocenters. The molecule has 2 heterocycles. The number of likely N-dealkylation sites (tertiary alicyclic amines) is 2. The average Bonchev–Trinajstić information content (AvgIpc) is 2.79. The third-order valence-corrected chi connectivity index (χ3v) is 6.58. The standard InChI is InChI=1S/C26H33N3O2/c1-20-9-5-7-17-28(20)19-21-13-15-23(16-14-21)27-26(31)25(22-10-3-2-4-11-22)29-18-8-6-12-24(29)30/h2-4,10-11,13-16,20,25H,5-9,12,17-19H2,1H3,(H,27,31). The summed E-state index contributed by atoms with van der Waals surface area (Å²) in [5, 5.41) is 3.05. The predicted molar refractivity (Wildman–Crippen MR) is 124 cm³/mol. The van der Waals surface area contributed by atoms with Gasteiger partial charge in [-0.3, -0.25) is 14.5 Å². The first kappa shape index (κ1) is 21.6. The number of carbonyl (C=O) groups excluding carboxylic acids is 2. The van der Waals surface area contributed by atoms with Crippen molar-refractivity contribution in [2.24, 2.45) is 0 Å². The van der Waals surface area contributed by atoms with Crippen LogP contribution in [0.1, 0.15) is 62.6 Å². The summed E-state index contributed by atoms with van der Waals surface area (Å²) in [6, 6.07) is 17.8. The second kappa shape index (κ2) is 10.1. The van der Waals surface area contributed by atoms with E-state index in [2.05, 4.69) is 29.3 Å². The Hall–Kier alpha value is -2.66. The molecule has 2 atom stereocenters. The smallest absolute Gasteiger partial charge is 0.251 e. The molecule has 2 fully saturated rings. The molecule has 0 aliphatic carbocycles. The molecule has 0 aromatic heterocycles. The van der Waals surface area contributed by atoms with E-state index in [1.54, 1.807) is 4.90 Å². The van der Waals surface area contributed by atoms with Gasteiger partial charge in [-0.05, 0) is 62.4 Å². The molecule has 0 radical (unpaired) electrons. The van der Waals surface area contributed by atoms with Crippen molar-refractivity contribution in [1.82, 2.24) is 9.80 Å². The molecule has 31 heavy (non-hydrogen) atoms. The van der Waals surface area contributed by atoms with Gasteiger partial charge >= 0.3 is 0 Å². The zero-order valence-corrected chi connectivity index (χ0v) is 18.4. The maximum absolute atomic E-state index is 13.3. The Morgan fingerprint density at radius 1 is 1.00 bits per heavy atom. The summed E-state index contributed by atoms with van der Waals surface area (Å²) in [4.78, 5) is 30.1. The summed E-state index contributed by atoms with van der Waals surface area (Å²) in [5.41, 5.74) is 2.88. The van der Waals surface area contributed by atoms with Gasteiger partial charge in [0.2, 0.25) is 5.91 Å². The van der Waals surface area contributed by atoms with Gasteiger partial charge < -0.3 is 10.2 Å². The fourth-order valence-electron chi connectivity index (χ4n) is 4.74. The van der Waals surface area contributed by atoms with Gasteiger partial charge in [0.05, 0.1) is 0 Å². The minimum absolute atomic E-state index is 0.0567. The van der Waals surface area contributed by atoms with E-state index >= 15 is 0 Å². The SMILES string of the molecule is CC1CCCCN1Cc1ccc(NC(=O)C(c2ccccc2)N2CCCCC2=O)cc1. The maximum Gasteiger partial charge on any atom is 0.251 e. The maximum atomic E-state index is 13.3. The summed E-state index contributed by atoms with van der Waals surface area (Å²) in [5.74, 6) is -0.0971. The van der Waals surface area contributed by atoms with E-state index in [4.69, 9.17) is 0 Å². The van der Waals surface area contributed by atoms with Crippen molar-refractivity contribution in [2.45, 2.75) is 64.1 Å². The number of carbonyl (C=O) groups is 2. The van der Waals surface area contributed by atoms with E-state index in [9.17, 15) is 9.59 Å². The van der Waals surface area contributed by atoms with Crippen LogP contribution in [-0.4, -0.2) is 40.7 Å². The zero-order chi connectivity index (χ0) is 21.6. The zero-order valence-electron chi connectivity index (χ0n) is 18.4. The molecule has 4 rings (SSSR count). The molecular weight excluding hydrogens is 386 g/mol.